The number of likely N-dealkylation sites (tertiary alicyclic amines) is 1. The van der Waals surface area contributed by atoms with Crippen LogP contribution in [0.5, 0.6) is 0 Å². The van der Waals surface area contributed by atoms with E-state index in [0.717, 1.165) is 43.0 Å². The molecule has 1 aromatic carbocycles. The van der Waals surface area contributed by atoms with Crippen molar-refractivity contribution in [2.24, 2.45) is 0 Å². The minimum absolute atomic E-state index is 0.275. The van der Waals surface area contributed by atoms with Gasteiger partial charge in [0.1, 0.15) is 0 Å². The maximum Gasteiger partial charge on any atom is 0.222 e. The molecule has 2 aromatic heterocycles. The molecular formula is C20H21N3OS. The van der Waals surface area contributed by atoms with Gasteiger partial charge in [0.25, 0.3) is 0 Å². The maximum atomic E-state index is 11.9. The third kappa shape index (κ3) is 3.12. The number of amides is 1. The number of hydrogen-bond donors (Lipinski definition) is 0. The van der Waals surface area contributed by atoms with Gasteiger partial charge in [-0.2, -0.15) is 0 Å². The lowest BCUT2D eigenvalue weighted by Crippen LogP contribution is -2.28. The maximum absolute atomic E-state index is 11.9. The van der Waals surface area contributed by atoms with Crippen LogP contribution in [0.15, 0.2) is 48.1 Å². The largest absolute Gasteiger partial charge is 0.341 e. The van der Waals surface area contributed by atoms with Gasteiger partial charge < -0.3 is 9.47 Å². The molecule has 1 aliphatic rings. The molecule has 3 heterocycles. The highest BCUT2D eigenvalue weighted by Gasteiger charge is 2.22. The monoisotopic (exact) mass is 351 g/mol. The number of thiophene rings is 1. The second-order valence-corrected chi connectivity index (χ2v) is 7.33. The van der Waals surface area contributed by atoms with Gasteiger partial charge in [0.05, 0.1) is 22.6 Å². The molecule has 4 rings (SSSR count). The normalized spacial score (nSPS) is 14.4. The number of carbonyl (C=O) groups is 1. The molecule has 0 aliphatic carbocycles. The van der Waals surface area contributed by atoms with Crippen LogP contribution in [0.3, 0.4) is 0 Å². The van der Waals surface area contributed by atoms with Gasteiger partial charge in [-0.15, -0.1) is 11.3 Å². The number of hydrogen-bond acceptors (Lipinski definition) is 3. The summed E-state index contributed by atoms with van der Waals surface area (Å²) < 4.78 is 2.20. The Morgan fingerprint density at radius 3 is 2.68 bits per heavy atom. The number of carbonyl (C=O) groups excluding carboxylic acids is 1. The summed E-state index contributed by atoms with van der Waals surface area (Å²) in [6, 6.07) is 12.5. The predicted octanol–water partition coefficient (Wildman–Crippen LogP) is 4.21. The molecule has 0 N–H and O–H groups in total. The zero-order valence-corrected chi connectivity index (χ0v) is 15.1. The van der Waals surface area contributed by atoms with Crippen LogP contribution in [-0.2, 0) is 11.3 Å². The van der Waals surface area contributed by atoms with E-state index in [2.05, 4.69) is 35.1 Å². The van der Waals surface area contributed by atoms with Gasteiger partial charge in [0, 0.05) is 31.6 Å². The van der Waals surface area contributed by atoms with Crippen molar-refractivity contribution < 1.29 is 4.79 Å². The van der Waals surface area contributed by atoms with Crippen molar-refractivity contribution in [2.75, 3.05) is 13.1 Å². The first-order chi connectivity index (χ1) is 12.2. The molecule has 1 saturated heterocycles. The van der Waals surface area contributed by atoms with Gasteiger partial charge >= 0.3 is 0 Å². The van der Waals surface area contributed by atoms with Crippen LogP contribution in [0.2, 0.25) is 0 Å². The van der Waals surface area contributed by atoms with Crippen LogP contribution in [-0.4, -0.2) is 33.4 Å². The molecule has 1 fully saturated rings. The summed E-state index contributed by atoms with van der Waals surface area (Å²) >= 11 is 1.75. The molecule has 3 aromatic rings. The average Bonchev–Trinajstić information content (AvgIpc) is 3.33. The van der Waals surface area contributed by atoms with Gasteiger partial charge in [0.2, 0.25) is 5.91 Å². The van der Waals surface area contributed by atoms with E-state index in [1.165, 1.54) is 10.4 Å². The molecule has 0 bridgehead atoms. The van der Waals surface area contributed by atoms with Crippen LogP contribution in [0.1, 0.15) is 18.4 Å². The molecule has 0 radical (unpaired) electrons. The number of benzene rings is 1. The highest BCUT2D eigenvalue weighted by molar-refractivity contribution is 7.13. The molecule has 0 spiro atoms. The Morgan fingerprint density at radius 1 is 1.16 bits per heavy atom. The molecule has 0 atom stereocenters. The van der Waals surface area contributed by atoms with E-state index in [1.54, 1.807) is 11.3 Å². The van der Waals surface area contributed by atoms with Crippen LogP contribution in [0.25, 0.3) is 21.8 Å². The molecule has 128 valence electrons. The summed E-state index contributed by atoms with van der Waals surface area (Å²) in [6.45, 7) is 4.55. The van der Waals surface area contributed by atoms with E-state index in [9.17, 15) is 4.79 Å². The summed E-state index contributed by atoms with van der Waals surface area (Å²) in [4.78, 5) is 19.8. The molecule has 1 aliphatic heterocycles. The van der Waals surface area contributed by atoms with Crippen LogP contribution in [0.4, 0.5) is 0 Å². The van der Waals surface area contributed by atoms with Gasteiger partial charge in [-0.3, -0.25) is 4.79 Å². The van der Waals surface area contributed by atoms with Crippen molar-refractivity contribution in [3.8, 4) is 21.8 Å². The number of imidazole rings is 1. The molecule has 5 heteroatoms. The summed E-state index contributed by atoms with van der Waals surface area (Å²) in [6.07, 6.45) is 3.59. The van der Waals surface area contributed by atoms with Crippen molar-refractivity contribution in [2.45, 2.75) is 26.3 Å². The smallest absolute Gasteiger partial charge is 0.222 e. The van der Waals surface area contributed by atoms with Crippen LogP contribution in [0, 0.1) is 6.92 Å². The topological polar surface area (TPSA) is 38.1 Å². The summed E-state index contributed by atoms with van der Waals surface area (Å²) in [5.41, 5.74) is 4.56. The van der Waals surface area contributed by atoms with Crippen LogP contribution < -0.4 is 0 Å². The fourth-order valence-electron chi connectivity index (χ4n) is 3.38. The lowest BCUT2D eigenvalue weighted by atomic mass is 10.1. The Morgan fingerprint density at radius 2 is 2.00 bits per heavy atom. The fraction of sp³-hybridized carbons (Fsp3) is 0.300. The second-order valence-electron chi connectivity index (χ2n) is 6.42. The van der Waals surface area contributed by atoms with Crippen molar-refractivity contribution in [3.63, 3.8) is 0 Å². The molecular weight excluding hydrogens is 330 g/mol. The molecule has 0 saturated carbocycles. The number of nitrogens with zero attached hydrogens (tertiary/aromatic N) is 3. The van der Waals surface area contributed by atoms with Gasteiger partial charge in [-0.1, -0.05) is 30.3 Å². The first-order valence-electron chi connectivity index (χ1n) is 8.67. The molecule has 4 nitrogen and oxygen atoms in total. The third-order valence-electron chi connectivity index (χ3n) is 4.74. The third-order valence-corrected chi connectivity index (χ3v) is 5.77. The Bertz CT molecular complexity index is 881. The summed E-state index contributed by atoms with van der Waals surface area (Å²) in [5, 5.41) is 2.13. The highest BCUT2D eigenvalue weighted by Crippen LogP contribution is 2.36. The highest BCUT2D eigenvalue weighted by atomic mass is 32.1. The van der Waals surface area contributed by atoms with Crippen molar-refractivity contribution in [3.05, 3.63) is 53.7 Å². The Labute approximate surface area is 151 Å². The van der Waals surface area contributed by atoms with Crippen molar-refractivity contribution >= 4 is 17.2 Å². The van der Waals surface area contributed by atoms with E-state index in [1.807, 2.05) is 29.4 Å². The minimum Gasteiger partial charge on any atom is -0.341 e. The zero-order chi connectivity index (χ0) is 17.2. The lowest BCUT2D eigenvalue weighted by Gasteiger charge is -2.17. The Kier molecular flexibility index (Phi) is 4.40. The SMILES string of the molecule is Cc1ccsc1-c1c(-c2ccccc2)ncn1CCN1CCCC1=O. The Balaban J connectivity index is 1.70. The average molecular weight is 351 g/mol. The predicted molar refractivity (Wildman–Crippen MR) is 102 cm³/mol. The van der Waals surface area contributed by atoms with Gasteiger partial charge in [0.15, 0.2) is 0 Å². The van der Waals surface area contributed by atoms with E-state index < -0.39 is 0 Å². The van der Waals surface area contributed by atoms with Crippen LogP contribution >= 0.6 is 11.3 Å². The zero-order valence-electron chi connectivity index (χ0n) is 14.3. The van der Waals surface area contributed by atoms with E-state index in [4.69, 9.17) is 4.98 Å². The molecule has 0 unspecified atom stereocenters. The quantitative estimate of drug-likeness (QED) is 0.691. The number of aromatic nitrogens is 2. The summed E-state index contributed by atoms with van der Waals surface area (Å²) in [5.74, 6) is 0.275. The molecule has 1 amide bonds. The van der Waals surface area contributed by atoms with Crippen molar-refractivity contribution in [1.29, 1.82) is 0 Å². The second kappa shape index (κ2) is 6.84. The van der Waals surface area contributed by atoms with E-state index in [-0.39, 0.29) is 5.91 Å². The standard InChI is InChI=1S/C20H21N3OS/c1-15-9-13-25-20(15)19-18(16-6-3-2-4-7-16)21-14-23(19)12-11-22-10-5-8-17(22)24/h2-4,6-7,9,13-14H,5,8,10-12H2,1H3. The van der Waals surface area contributed by atoms with Gasteiger partial charge in [-0.05, 0) is 30.4 Å². The Hall–Kier alpha value is -2.40. The number of rotatable bonds is 5. The first-order valence-corrected chi connectivity index (χ1v) is 9.55. The number of aryl methyl sites for hydroxylation is 1. The van der Waals surface area contributed by atoms with Crippen molar-refractivity contribution in [1.82, 2.24) is 14.5 Å². The van der Waals surface area contributed by atoms with E-state index in [0.29, 0.717) is 6.42 Å². The fourth-order valence-corrected chi connectivity index (χ4v) is 4.37. The van der Waals surface area contributed by atoms with Gasteiger partial charge in [-0.25, -0.2) is 4.98 Å². The molecule has 25 heavy (non-hydrogen) atoms. The lowest BCUT2D eigenvalue weighted by molar-refractivity contribution is -0.127. The first kappa shape index (κ1) is 16.1. The summed E-state index contributed by atoms with van der Waals surface area (Å²) in [7, 11) is 0. The minimum atomic E-state index is 0.275. The van der Waals surface area contributed by atoms with E-state index >= 15 is 0 Å².